The number of benzene rings is 3. The van der Waals surface area contributed by atoms with Gasteiger partial charge in [0.05, 0.1) is 26.0 Å². The number of allylic oxidation sites excluding steroid dienone is 1. The van der Waals surface area contributed by atoms with Gasteiger partial charge in [-0.2, -0.15) is 0 Å². The Morgan fingerprint density at radius 2 is 1.69 bits per heavy atom. The molecule has 2 fully saturated rings. The van der Waals surface area contributed by atoms with Crippen LogP contribution in [-0.2, 0) is 27.2 Å². The summed E-state index contributed by atoms with van der Waals surface area (Å²) in [7, 11) is 2.99. The van der Waals surface area contributed by atoms with Crippen molar-refractivity contribution < 1.29 is 39.1 Å². The Kier molecular flexibility index (Phi) is 10.1. The summed E-state index contributed by atoms with van der Waals surface area (Å²) in [6.07, 6.45) is 8.35. The number of cyclic esters (lactones) is 1. The summed E-state index contributed by atoms with van der Waals surface area (Å²) in [4.78, 5) is 31.5. The third-order valence-corrected chi connectivity index (χ3v) is 12.8. The second kappa shape index (κ2) is 15.1. The Morgan fingerprint density at radius 1 is 0.927 bits per heavy atom. The number of fused-ring (bicyclic) bond motifs is 6. The quantitative estimate of drug-likeness (QED) is 0.120. The van der Waals surface area contributed by atoms with Crippen LogP contribution in [0.25, 0.3) is 16.5 Å². The Labute approximate surface area is 321 Å². The van der Waals surface area contributed by atoms with Gasteiger partial charge >= 0.3 is 5.97 Å². The van der Waals surface area contributed by atoms with Crippen molar-refractivity contribution in [2.75, 3.05) is 14.2 Å². The van der Waals surface area contributed by atoms with Crippen molar-refractivity contribution in [3.63, 3.8) is 0 Å². The van der Waals surface area contributed by atoms with Gasteiger partial charge in [-0.1, -0.05) is 55.0 Å². The number of hydrogen-bond acceptors (Lipinski definition) is 8. The largest absolute Gasteiger partial charge is 0.504 e. The molecule has 55 heavy (non-hydrogen) atoms. The Hall–Kier alpha value is -5.20. The number of ether oxygens (including phenoxy) is 3. The third-order valence-electron chi connectivity index (χ3n) is 12.8. The van der Waals surface area contributed by atoms with E-state index in [-0.39, 0.29) is 71.9 Å². The van der Waals surface area contributed by atoms with E-state index in [4.69, 9.17) is 14.2 Å². The predicted molar refractivity (Wildman–Crippen MR) is 209 cm³/mol. The molecule has 9 heteroatoms. The monoisotopic (exact) mass is 743 g/mol. The summed E-state index contributed by atoms with van der Waals surface area (Å²) in [6.45, 7) is 0. The van der Waals surface area contributed by atoms with E-state index < -0.39 is 18.2 Å². The molecule has 286 valence electrons. The van der Waals surface area contributed by atoms with Crippen molar-refractivity contribution in [3.8, 4) is 34.8 Å². The molecule has 1 aliphatic heterocycles. The van der Waals surface area contributed by atoms with Gasteiger partial charge in [-0.25, -0.2) is 0 Å². The fourth-order valence-electron chi connectivity index (χ4n) is 10.1. The van der Waals surface area contributed by atoms with Crippen molar-refractivity contribution in [2.24, 2.45) is 17.3 Å². The molecule has 1 aromatic heterocycles. The Balaban J connectivity index is 1.26. The van der Waals surface area contributed by atoms with E-state index in [1.54, 1.807) is 25.3 Å². The van der Waals surface area contributed by atoms with Crippen LogP contribution < -0.4 is 9.47 Å². The maximum Gasteiger partial charge on any atom is 0.318 e. The summed E-state index contributed by atoms with van der Waals surface area (Å²) in [5, 5.41) is 34.1. The van der Waals surface area contributed by atoms with Gasteiger partial charge in [0.15, 0.2) is 23.0 Å². The van der Waals surface area contributed by atoms with Crippen molar-refractivity contribution in [1.82, 2.24) is 4.98 Å². The second-order valence-electron chi connectivity index (χ2n) is 16.1. The molecular formula is C46H49NO8. The summed E-state index contributed by atoms with van der Waals surface area (Å²) in [6, 6.07) is 16.6. The first-order chi connectivity index (χ1) is 26.6. The first-order valence-corrected chi connectivity index (χ1v) is 19.6. The molecule has 9 nitrogen and oxygen atoms in total. The number of aromatic amines is 1. The molecule has 5 atom stereocenters. The maximum atomic E-state index is 14.5. The SMILES string of the molecule is COc1cc(C[C@H](O)[C@@H]2CC(=O)C[C@@H]3c4cc(OC)c(O)cc4C(=C[C@H]4CC5(CCCC5)CC[C@H]34)c3[nH]c4ccccc4c3CC#CCC(=O)O2)ccc1O. The van der Waals surface area contributed by atoms with E-state index >= 15 is 0 Å². The minimum absolute atomic E-state index is 0.0298. The zero-order chi connectivity index (χ0) is 38.3. The van der Waals surface area contributed by atoms with Crippen molar-refractivity contribution in [2.45, 2.75) is 95.2 Å². The molecule has 3 aromatic carbocycles. The molecule has 0 unspecified atom stereocenters. The highest BCUT2D eigenvalue weighted by Crippen LogP contribution is 2.58. The first-order valence-electron chi connectivity index (χ1n) is 19.6. The minimum atomic E-state index is -1.21. The Bertz CT molecular complexity index is 2220. The minimum Gasteiger partial charge on any atom is -0.504 e. The van der Waals surface area contributed by atoms with E-state index in [1.807, 2.05) is 18.2 Å². The lowest BCUT2D eigenvalue weighted by atomic mass is 9.60. The smallest absolute Gasteiger partial charge is 0.318 e. The highest BCUT2D eigenvalue weighted by Gasteiger charge is 2.47. The number of ketones is 1. The zero-order valence-electron chi connectivity index (χ0n) is 31.5. The number of hydrogen-bond donors (Lipinski definition) is 4. The van der Waals surface area contributed by atoms with E-state index in [2.05, 4.69) is 35.0 Å². The maximum absolute atomic E-state index is 14.5. The summed E-state index contributed by atoms with van der Waals surface area (Å²) < 4.78 is 16.9. The molecule has 0 saturated heterocycles. The number of carbonyl (C=O) groups excluding carboxylic acids is 2. The number of carbonyl (C=O) groups is 2. The standard InChI is InChI=1S/C46H49NO8/c1-53-41-20-27(13-14-38(41)49)19-39(50)43-23-29(48)22-33-30-15-18-46(16-7-8-17-46)26-28(30)21-36(34-24-40(51)42(54-2)25-35(33)34)45-32(10-4-6-12-44(52)55-43)31-9-3-5-11-37(31)47-45/h3,5,9,11,13-14,20-21,24-25,28,30,33,39,43,47,49-51H,7-8,10,12,15-19,22-23,26H2,1-2H3/t28-,30-,33-,39-,43-/m0/s1. The number of phenolic OH excluding ortho intramolecular Hbond substituents is 2. The van der Waals surface area contributed by atoms with Crippen molar-refractivity contribution >= 4 is 28.2 Å². The molecular weight excluding hydrogens is 695 g/mol. The molecule has 4 aliphatic rings. The van der Waals surface area contributed by atoms with Crippen LogP contribution >= 0.6 is 0 Å². The fourth-order valence-corrected chi connectivity index (χ4v) is 10.1. The summed E-state index contributed by atoms with van der Waals surface area (Å²) in [5.74, 6) is 6.19. The summed E-state index contributed by atoms with van der Waals surface area (Å²) in [5.41, 5.74) is 6.64. The molecule has 8 rings (SSSR count). The van der Waals surface area contributed by atoms with Gasteiger partial charge in [0.1, 0.15) is 18.3 Å². The van der Waals surface area contributed by atoms with Gasteiger partial charge in [-0.3, -0.25) is 9.59 Å². The highest BCUT2D eigenvalue weighted by molar-refractivity contribution is 5.94. The predicted octanol–water partition coefficient (Wildman–Crippen LogP) is 7.92. The van der Waals surface area contributed by atoms with Crippen LogP contribution in [0, 0.1) is 29.1 Å². The zero-order valence-corrected chi connectivity index (χ0v) is 31.5. The van der Waals surface area contributed by atoms with E-state index in [1.165, 1.54) is 38.9 Å². The lowest BCUT2D eigenvalue weighted by Gasteiger charge is -2.44. The molecule has 4 N–H and O–H groups in total. The van der Waals surface area contributed by atoms with Crippen molar-refractivity contribution in [1.29, 1.82) is 0 Å². The molecule has 3 aliphatic carbocycles. The van der Waals surface area contributed by atoms with Crippen LogP contribution in [0.1, 0.15) is 98.1 Å². The van der Waals surface area contributed by atoms with E-state index in [0.29, 0.717) is 17.7 Å². The number of Topliss-reactive ketones (excluding diaryl/α,β-unsaturated/α-hetero) is 1. The van der Waals surface area contributed by atoms with Gasteiger partial charge in [0, 0.05) is 42.2 Å². The number of H-pyrrole nitrogens is 1. The van der Waals surface area contributed by atoms with Gasteiger partial charge in [0.25, 0.3) is 0 Å². The van der Waals surface area contributed by atoms with Crippen LogP contribution in [0.4, 0.5) is 0 Å². The van der Waals surface area contributed by atoms with Gasteiger partial charge in [-0.15, -0.1) is 0 Å². The number of methoxy groups -OCH3 is 2. The number of esters is 1. The normalized spacial score (nSPS) is 24.1. The molecule has 2 saturated carbocycles. The average molecular weight is 744 g/mol. The number of aromatic hydroxyl groups is 2. The third kappa shape index (κ3) is 7.20. The number of phenols is 2. The molecule has 1 spiro atoms. The number of aromatic nitrogens is 1. The van der Waals surface area contributed by atoms with Crippen LogP contribution in [0.5, 0.6) is 23.0 Å². The molecule has 0 amide bonds. The number of rotatable bonds is 5. The number of para-hydroxylation sites is 1. The topological polar surface area (TPSA) is 138 Å². The van der Waals surface area contributed by atoms with Crippen LogP contribution in [-0.4, -0.2) is 58.5 Å². The Morgan fingerprint density at radius 3 is 2.49 bits per heavy atom. The molecule has 2 bridgehead atoms. The van der Waals surface area contributed by atoms with Gasteiger partial charge < -0.3 is 34.5 Å². The van der Waals surface area contributed by atoms with Crippen LogP contribution in [0.2, 0.25) is 0 Å². The molecule has 4 aromatic rings. The first kappa shape index (κ1) is 36.8. The van der Waals surface area contributed by atoms with Gasteiger partial charge in [0.2, 0.25) is 0 Å². The number of nitrogens with one attached hydrogen (secondary N) is 1. The number of aliphatic hydroxyl groups excluding tert-OH is 1. The van der Waals surface area contributed by atoms with E-state index in [9.17, 15) is 24.9 Å². The summed E-state index contributed by atoms with van der Waals surface area (Å²) >= 11 is 0. The lowest BCUT2D eigenvalue weighted by molar-refractivity contribution is -0.155. The second-order valence-corrected chi connectivity index (χ2v) is 16.1. The van der Waals surface area contributed by atoms with Gasteiger partial charge in [-0.05, 0) is 108 Å². The van der Waals surface area contributed by atoms with E-state index in [0.717, 1.165) is 58.1 Å². The van der Waals surface area contributed by atoms with Crippen LogP contribution in [0.15, 0.2) is 60.7 Å². The van der Waals surface area contributed by atoms with Crippen molar-refractivity contribution in [3.05, 3.63) is 88.6 Å². The van der Waals surface area contributed by atoms with Crippen LogP contribution in [0.3, 0.4) is 0 Å². The lowest BCUT2D eigenvalue weighted by Crippen LogP contribution is -2.37. The molecule has 0 radical (unpaired) electrons. The molecule has 2 heterocycles. The average Bonchev–Trinajstić information content (AvgIpc) is 3.76. The number of aliphatic hydroxyl groups is 1. The highest BCUT2D eigenvalue weighted by atomic mass is 16.6. The fraction of sp³-hybridized carbons (Fsp3) is 0.435.